The zero-order chi connectivity index (χ0) is 14.8. The highest BCUT2D eigenvalue weighted by Gasteiger charge is 2.13. The molecule has 0 spiro atoms. The van der Waals surface area contributed by atoms with Gasteiger partial charge in [0.25, 0.3) is 0 Å². The third-order valence-electron chi connectivity index (χ3n) is 3.84. The molecule has 4 heteroatoms. The first kappa shape index (κ1) is 14.1. The zero-order valence-electron chi connectivity index (χ0n) is 12.3. The van der Waals surface area contributed by atoms with Crippen LogP contribution in [0.3, 0.4) is 0 Å². The van der Waals surface area contributed by atoms with Gasteiger partial charge in [0.2, 0.25) is 0 Å². The number of hydrogen-bond donors (Lipinski definition) is 0. The van der Waals surface area contributed by atoms with Gasteiger partial charge in [0, 0.05) is 6.20 Å². The molecule has 0 N–H and O–H groups in total. The maximum atomic E-state index is 6.09. The van der Waals surface area contributed by atoms with E-state index in [0.29, 0.717) is 12.4 Å². The van der Waals surface area contributed by atoms with Crippen molar-refractivity contribution in [2.45, 2.75) is 32.7 Å². The van der Waals surface area contributed by atoms with E-state index < -0.39 is 0 Å². The molecule has 108 valence electrons. The van der Waals surface area contributed by atoms with E-state index in [9.17, 15) is 0 Å². The van der Waals surface area contributed by atoms with Gasteiger partial charge in [0.1, 0.15) is 5.82 Å². The predicted molar refractivity (Wildman–Crippen MR) is 86.7 cm³/mol. The molecule has 0 fully saturated rings. The quantitative estimate of drug-likeness (QED) is 0.679. The van der Waals surface area contributed by atoms with Crippen LogP contribution in [0, 0.1) is 6.92 Å². The lowest BCUT2D eigenvalue weighted by Gasteiger charge is -2.11. The molecule has 21 heavy (non-hydrogen) atoms. The Hall–Kier alpha value is -1.87. The number of halogens is 1. The molecule has 0 amide bonds. The number of aromatic nitrogens is 3. The van der Waals surface area contributed by atoms with Gasteiger partial charge in [-0.2, -0.15) is 0 Å². The average molecular weight is 300 g/mol. The number of nitrogens with zero attached hydrogens (tertiary/aromatic N) is 3. The molecule has 0 aliphatic heterocycles. The van der Waals surface area contributed by atoms with Crippen molar-refractivity contribution in [1.29, 1.82) is 0 Å². The molecule has 0 saturated heterocycles. The van der Waals surface area contributed by atoms with Gasteiger partial charge in [0.05, 0.1) is 29.2 Å². The van der Waals surface area contributed by atoms with E-state index in [1.807, 2.05) is 24.4 Å². The molecule has 0 aliphatic carbocycles. The van der Waals surface area contributed by atoms with E-state index in [1.165, 1.54) is 11.1 Å². The van der Waals surface area contributed by atoms with Crippen LogP contribution in [0.25, 0.3) is 11.0 Å². The monoisotopic (exact) mass is 299 g/mol. The predicted octanol–water partition coefficient (Wildman–Crippen LogP) is 4.09. The topological polar surface area (TPSA) is 30.7 Å². The fourth-order valence-electron chi connectivity index (χ4n) is 2.77. The molecular weight excluding hydrogens is 282 g/mol. The van der Waals surface area contributed by atoms with Crippen molar-refractivity contribution in [3.05, 3.63) is 59.2 Å². The smallest absolute Gasteiger partial charge is 0.125 e. The van der Waals surface area contributed by atoms with E-state index in [-0.39, 0.29) is 0 Å². The summed E-state index contributed by atoms with van der Waals surface area (Å²) in [6.45, 7) is 4.98. The van der Waals surface area contributed by atoms with Gasteiger partial charge in [-0.25, -0.2) is 4.98 Å². The number of hydrogen-bond acceptors (Lipinski definition) is 2. The Morgan fingerprint density at radius 1 is 1.19 bits per heavy atom. The van der Waals surface area contributed by atoms with Crippen LogP contribution in [0.5, 0.6) is 0 Å². The number of fused-ring (bicyclic) bond motifs is 1. The van der Waals surface area contributed by atoms with Crippen LogP contribution in [0.4, 0.5) is 0 Å². The van der Waals surface area contributed by atoms with Crippen LogP contribution in [0.2, 0.25) is 0 Å². The Balaban J connectivity index is 2.15. The van der Waals surface area contributed by atoms with Gasteiger partial charge < -0.3 is 4.57 Å². The fraction of sp³-hybridized carbons (Fsp3) is 0.294. The van der Waals surface area contributed by atoms with Gasteiger partial charge >= 0.3 is 0 Å². The second-order valence-electron chi connectivity index (χ2n) is 5.15. The summed E-state index contributed by atoms with van der Waals surface area (Å²) in [5, 5.41) is 0. The highest BCUT2D eigenvalue weighted by atomic mass is 35.5. The number of pyridine rings is 1. The summed E-state index contributed by atoms with van der Waals surface area (Å²) in [5.74, 6) is 1.30. The highest BCUT2D eigenvalue weighted by molar-refractivity contribution is 6.16. The molecular formula is C17H18ClN3. The molecule has 2 aromatic heterocycles. The van der Waals surface area contributed by atoms with Gasteiger partial charge in [-0.1, -0.05) is 25.1 Å². The van der Waals surface area contributed by atoms with E-state index in [4.69, 9.17) is 11.6 Å². The third kappa shape index (κ3) is 2.54. The number of benzene rings is 1. The number of para-hydroxylation sites is 1. The standard InChI is InChI=1S/C17H18ClN3/c1-3-13-7-5-9-19-15(13)11-21-16(10-18)20-14-8-4-6-12(2)17(14)21/h4-9H,3,10-11H2,1-2H3. The Morgan fingerprint density at radius 2 is 2.05 bits per heavy atom. The molecule has 0 saturated carbocycles. The lowest BCUT2D eigenvalue weighted by molar-refractivity contribution is 0.746. The lowest BCUT2D eigenvalue weighted by atomic mass is 10.1. The summed E-state index contributed by atoms with van der Waals surface area (Å²) in [5.41, 5.74) is 5.73. The minimum atomic E-state index is 0.405. The highest BCUT2D eigenvalue weighted by Crippen LogP contribution is 2.23. The van der Waals surface area contributed by atoms with Crippen molar-refractivity contribution in [1.82, 2.24) is 14.5 Å². The van der Waals surface area contributed by atoms with Crippen molar-refractivity contribution in [3.8, 4) is 0 Å². The number of alkyl halides is 1. The maximum absolute atomic E-state index is 6.09. The van der Waals surface area contributed by atoms with Crippen LogP contribution in [-0.4, -0.2) is 14.5 Å². The summed E-state index contributed by atoms with van der Waals surface area (Å²) in [6.07, 6.45) is 2.83. The van der Waals surface area contributed by atoms with Crippen LogP contribution >= 0.6 is 11.6 Å². The number of aryl methyl sites for hydroxylation is 2. The van der Waals surface area contributed by atoms with E-state index in [0.717, 1.165) is 29.0 Å². The van der Waals surface area contributed by atoms with Gasteiger partial charge in [-0.05, 0) is 36.6 Å². The van der Waals surface area contributed by atoms with E-state index in [2.05, 4.69) is 40.5 Å². The minimum Gasteiger partial charge on any atom is -0.321 e. The fourth-order valence-corrected chi connectivity index (χ4v) is 2.98. The molecule has 0 unspecified atom stereocenters. The normalized spacial score (nSPS) is 11.2. The summed E-state index contributed by atoms with van der Waals surface area (Å²) in [4.78, 5) is 9.19. The van der Waals surface area contributed by atoms with Crippen LogP contribution in [0.15, 0.2) is 36.5 Å². The van der Waals surface area contributed by atoms with Crippen LogP contribution < -0.4 is 0 Å². The van der Waals surface area contributed by atoms with E-state index in [1.54, 1.807) is 0 Å². The SMILES string of the molecule is CCc1cccnc1Cn1c(CCl)nc2cccc(C)c21. The molecule has 0 bridgehead atoms. The van der Waals surface area contributed by atoms with Gasteiger partial charge in [-0.15, -0.1) is 11.6 Å². The van der Waals surface area contributed by atoms with Gasteiger partial charge in [0.15, 0.2) is 0 Å². The van der Waals surface area contributed by atoms with Crippen molar-refractivity contribution >= 4 is 22.6 Å². The first-order valence-corrected chi connectivity index (χ1v) is 7.71. The Morgan fingerprint density at radius 3 is 2.81 bits per heavy atom. The lowest BCUT2D eigenvalue weighted by Crippen LogP contribution is -2.08. The van der Waals surface area contributed by atoms with Crippen molar-refractivity contribution < 1.29 is 0 Å². The summed E-state index contributed by atoms with van der Waals surface area (Å²) in [7, 11) is 0. The molecule has 1 aromatic carbocycles. The maximum Gasteiger partial charge on any atom is 0.125 e. The Kier molecular flexibility index (Phi) is 3.93. The van der Waals surface area contributed by atoms with Crippen LogP contribution in [-0.2, 0) is 18.8 Å². The minimum absolute atomic E-state index is 0.405. The number of rotatable bonds is 4. The van der Waals surface area contributed by atoms with E-state index >= 15 is 0 Å². The number of imidazole rings is 1. The second kappa shape index (κ2) is 5.86. The Labute approximate surface area is 129 Å². The molecule has 0 radical (unpaired) electrons. The largest absolute Gasteiger partial charge is 0.321 e. The first-order valence-electron chi connectivity index (χ1n) is 7.18. The second-order valence-corrected chi connectivity index (χ2v) is 5.42. The van der Waals surface area contributed by atoms with Crippen LogP contribution in [0.1, 0.15) is 29.6 Å². The zero-order valence-corrected chi connectivity index (χ0v) is 13.1. The summed E-state index contributed by atoms with van der Waals surface area (Å²) >= 11 is 6.09. The van der Waals surface area contributed by atoms with Crippen molar-refractivity contribution in [2.24, 2.45) is 0 Å². The summed E-state index contributed by atoms with van der Waals surface area (Å²) in [6, 6.07) is 10.3. The molecule has 0 aliphatic rings. The van der Waals surface area contributed by atoms with Gasteiger partial charge in [-0.3, -0.25) is 4.98 Å². The van der Waals surface area contributed by atoms with Crippen molar-refractivity contribution in [3.63, 3.8) is 0 Å². The molecule has 3 aromatic rings. The summed E-state index contributed by atoms with van der Waals surface area (Å²) < 4.78 is 2.19. The molecule has 3 nitrogen and oxygen atoms in total. The molecule has 3 rings (SSSR count). The third-order valence-corrected chi connectivity index (χ3v) is 4.08. The van der Waals surface area contributed by atoms with Crippen molar-refractivity contribution in [2.75, 3.05) is 0 Å². The molecule has 0 atom stereocenters. The first-order chi connectivity index (χ1) is 10.2. The Bertz CT molecular complexity index is 777. The molecule has 2 heterocycles. The average Bonchev–Trinajstić information content (AvgIpc) is 2.87.